The normalized spacial score (nSPS) is 9.95. The van der Waals surface area contributed by atoms with Gasteiger partial charge in [0, 0.05) is 30.4 Å². The Morgan fingerprint density at radius 1 is 1.42 bits per heavy atom. The van der Waals surface area contributed by atoms with Gasteiger partial charge in [0.05, 0.1) is 11.4 Å². The lowest BCUT2D eigenvalue weighted by Gasteiger charge is -2.21. The molecule has 2 aromatic rings. The maximum absolute atomic E-state index is 9.02. The fraction of sp³-hybridized carbons (Fsp3) is 0.143. The quantitative estimate of drug-likeness (QED) is 0.873. The second kappa shape index (κ2) is 5.59. The number of rotatable bonds is 3. The Morgan fingerprint density at radius 2 is 2.21 bits per heavy atom. The molecule has 0 radical (unpaired) electrons. The third-order valence-electron chi connectivity index (χ3n) is 2.81. The maximum Gasteiger partial charge on any atom is 0.145 e. The highest BCUT2D eigenvalue weighted by Crippen LogP contribution is 2.27. The average Bonchev–Trinajstić information content (AvgIpc) is 2.42. The van der Waals surface area contributed by atoms with Crippen LogP contribution in [-0.2, 0) is 6.54 Å². The minimum Gasteiger partial charge on any atom is -0.397 e. The summed E-state index contributed by atoms with van der Waals surface area (Å²) in [6.45, 7) is 0.543. The first-order chi connectivity index (χ1) is 9.11. The van der Waals surface area contributed by atoms with E-state index in [1.54, 1.807) is 24.4 Å². The molecule has 0 aliphatic rings. The molecule has 96 valence electrons. The van der Waals surface area contributed by atoms with E-state index in [1.165, 1.54) is 0 Å². The van der Waals surface area contributed by atoms with Crippen LogP contribution in [0.5, 0.6) is 0 Å². The van der Waals surface area contributed by atoms with Crippen LogP contribution in [0.15, 0.2) is 36.5 Å². The molecule has 1 aromatic carbocycles. The van der Waals surface area contributed by atoms with Gasteiger partial charge >= 0.3 is 0 Å². The largest absolute Gasteiger partial charge is 0.397 e. The van der Waals surface area contributed by atoms with Gasteiger partial charge in [-0.2, -0.15) is 5.26 Å². The van der Waals surface area contributed by atoms with Gasteiger partial charge in [-0.15, -0.1) is 0 Å². The summed E-state index contributed by atoms with van der Waals surface area (Å²) in [5, 5.41) is 9.65. The SMILES string of the molecule is CN(Cc1cccnc1C#N)c1cc(Cl)ccc1N. The Morgan fingerprint density at radius 3 is 2.95 bits per heavy atom. The number of anilines is 2. The number of hydrogen-bond acceptors (Lipinski definition) is 4. The Bertz CT molecular complexity index is 634. The van der Waals surface area contributed by atoms with Gasteiger partial charge in [0.25, 0.3) is 0 Å². The van der Waals surface area contributed by atoms with Crippen molar-refractivity contribution >= 4 is 23.0 Å². The van der Waals surface area contributed by atoms with Crippen molar-refractivity contribution < 1.29 is 0 Å². The number of nitrogen functional groups attached to an aromatic ring is 1. The van der Waals surface area contributed by atoms with Gasteiger partial charge < -0.3 is 10.6 Å². The molecule has 0 atom stereocenters. The van der Waals surface area contributed by atoms with Gasteiger partial charge in [0.15, 0.2) is 0 Å². The summed E-state index contributed by atoms with van der Waals surface area (Å²) in [4.78, 5) is 5.98. The third kappa shape index (κ3) is 2.95. The Balaban J connectivity index is 2.28. The highest BCUT2D eigenvalue weighted by molar-refractivity contribution is 6.31. The lowest BCUT2D eigenvalue weighted by Crippen LogP contribution is -2.18. The highest BCUT2D eigenvalue weighted by Gasteiger charge is 2.10. The van der Waals surface area contributed by atoms with Crippen molar-refractivity contribution in [2.24, 2.45) is 0 Å². The molecule has 0 fully saturated rings. The van der Waals surface area contributed by atoms with E-state index >= 15 is 0 Å². The topological polar surface area (TPSA) is 65.9 Å². The van der Waals surface area contributed by atoms with E-state index in [2.05, 4.69) is 11.1 Å². The molecule has 0 bridgehead atoms. The molecule has 0 saturated heterocycles. The molecule has 19 heavy (non-hydrogen) atoms. The van der Waals surface area contributed by atoms with Crippen LogP contribution >= 0.6 is 11.6 Å². The third-order valence-corrected chi connectivity index (χ3v) is 3.04. The van der Waals surface area contributed by atoms with E-state index < -0.39 is 0 Å². The van der Waals surface area contributed by atoms with Gasteiger partial charge in [-0.05, 0) is 24.3 Å². The molecule has 0 unspecified atom stereocenters. The van der Waals surface area contributed by atoms with Crippen LogP contribution in [0.3, 0.4) is 0 Å². The van der Waals surface area contributed by atoms with Crippen molar-refractivity contribution in [1.29, 1.82) is 5.26 Å². The molecule has 0 aliphatic heterocycles. The van der Waals surface area contributed by atoms with Crippen molar-refractivity contribution in [3.8, 4) is 6.07 Å². The van der Waals surface area contributed by atoms with Crippen LogP contribution in [0.25, 0.3) is 0 Å². The Labute approximate surface area is 117 Å². The number of benzene rings is 1. The first-order valence-corrected chi connectivity index (χ1v) is 6.10. The zero-order valence-electron chi connectivity index (χ0n) is 10.5. The number of nitrogens with two attached hydrogens (primary N) is 1. The van der Waals surface area contributed by atoms with Gasteiger partial charge in [-0.3, -0.25) is 0 Å². The summed E-state index contributed by atoms with van der Waals surface area (Å²) in [7, 11) is 1.90. The van der Waals surface area contributed by atoms with Crippen molar-refractivity contribution in [3.05, 3.63) is 52.8 Å². The van der Waals surface area contributed by atoms with E-state index in [9.17, 15) is 0 Å². The fourth-order valence-electron chi connectivity index (χ4n) is 1.85. The summed E-state index contributed by atoms with van der Waals surface area (Å²) in [6, 6.07) is 11.1. The van der Waals surface area contributed by atoms with E-state index in [1.807, 2.05) is 24.1 Å². The van der Waals surface area contributed by atoms with Crippen molar-refractivity contribution in [2.75, 3.05) is 17.7 Å². The van der Waals surface area contributed by atoms with Crippen LogP contribution < -0.4 is 10.6 Å². The van der Waals surface area contributed by atoms with Crippen molar-refractivity contribution in [2.45, 2.75) is 6.54 Å². The predicted octanol–water partition coefficient (Wildman–Crippen LogP) is 2.83. The molecule has 0 saturated carbocycles. The number of halogens is 1. The number of nitriles is 1. The van der Waals surface area contributed by atoms with Crippen LogP contribution in [-0.4, -0.2) is 12.0 Å². The smallest absolute Gasteiger partial charge is 0.145 e. The van der Waals surface area contributed by atoms with Crippen LogP contribution in [0, 0.1) is 11.3 Å². The number of pyridine rings is 1. The lowest BCUT2D eigenvalue weighted by molar-refractivity contribution is 0.911. The number of hydrogen-bond donors (Lipinski definition) is 1. The standard InChI is InChI=1S/C14H13ClN4/c1-19(14-7-11(15)4-5-12(14)17)9-10-3-2-6-18-13(10)8-16/h2-7H,9,17H2,1H3. The molecule has 0 aliphatic carbocycles. The maximum atomic E-state index is 9.02. The predicted molar refractivity (Wildman–Crippen MR) is 76.9 cm³/mol. The molecular weight excluding hydrogens is 260 g/mol. The van der Waals surface area contributed by atoms with Gasteiger partial charge in [-0.1, -0.05) is 17.7 Å². The minimum absolute atomic E-state index is 0.426. The Hall–Kier alpha value is -2.25. The number of aromatic nitrogens is 1. The molecule has 5 heteroatoms. The zero-order chi connectivity index (χ0) is 13.8. The summed E-state index contributed by atoms with van der Waals surface area (Å²) in [6.07, 6.45) is 1.61. The van der Waals surface area contributed by atoms with Crippen molar-refractivity contribution in [3.63, 3.8) is 0 Å². The molecule has 2 N–H and O–H groups in total. The molecule has 2 rings (SSSR count). The molecular formula is C14H13ClN4. The molecule has 4 nitrogen and oxygen atoms in total. The minimum atomic E-state index is 0.426. The summed E-state index contributed by atoms with van der Waals surface area (Å²) >= 11 is 5.98. The average molecular weight is 273 g/mol. The van der Waals surface area contributed by atoms with E-state index in [-0.39, 0.29) is 0 Å². The van der Waals surface area contributed by atoms with Crippen LogP contribution in [0.4, 0.5) is 11.4 Å². The zero-order valence-corrected chi connectivity index (χ0v) is 11.2. The molecule has 0 amide bonds. The van der Waals surface area contributed by atoms with Crippen molar-refractivity contribution in [1.82, 2.24) is 4.98 Å². The molecule has 0 spiro atoms. The van der Waals surface area contributed by atoms with Crippen LogP contribution in [0.2, 0.25) is 5.02 Å². The van der Waals surface area contributed by atoms with E-state index in [0.717, 1.165) is 11.3 Å². The lowest BCUT2D eigenvalue weighted by atomic mass is 10.1. The summed E-state index contributed by atoms with van der Waals surface area (Å²) in [5.41, 5.74) is 8.69. The monoisotopic (exact) mass is 272 g/mol. The van der Waals surface area contributed by atoms with Crippen LogP contribution in [0.1, 0.15) is 11.3 Å². The van der Waals surface area contributed by atoms with E-state index in [4.69, 9.17) is 22.6 Å². The Kier molecular flexibility index (Phi) is 3.88. The number of nitrogens with zero attached hydrogens (tertiary/aromatic N) is 3. The summed E-state index contributed by atoms with van der Waals surface area (Å²) < 4.78 is 0. The molecule has 1 aromatic heterocycles. The van der Waals surface area contributed by atoms with Gasteiger partial charge in [0.2, 0.25) is 0 Å². The first-order valence-electron chi connectivity index (χ1n) is 5.72. The van der Waals surface area contributed by atoms with Gasteiger partial charge in [0.1, 0.15) is 11.8 Å². The first kappa shape index (κ1) is 13.2. The second-order valence-electron chi connectivity index (χ2n) is 4.18. The fourth-order valence-corrected chi connectivity index (χ4v) is 2.02. The molecule has 1 heterocycles. The van der Waals surface area contributed by atoms with Gasteiger partial charge in [-0.25, -0.2) is 4.98 Å². The van der Waals surface area contributed by atoms with E-state index in [0.29, 0.717) is 22.9 Å². The second-order valence-corrected chi connectivity index (χ2v) is 4.62. The highest BCUT2D eigenvalue weighted by atomic mass is 35.5. The summed E-state index contributed by atoms with van der Waals surface area (Å²) in [5.74, 6) is 0.